The van der Waals surface area contributed by atoms with Crippen molar-refractivity contribution >= 4 is 0 Å². The van der Waals surface area contributed by atoms with Crippen LogP contribution in [-0.2, 0) is 6.54 Å². The maximum Gasteiger partial charge on any atom is 0.161 e. The van der Waals surface area contributed by atoms with Gasteiger partial charge in [0.15, 0.2) is 5.75 Å². The summed E-state index contributed by atoms with van der Waals surface area (Å²) < 4.78 is 5.90. The summed E-state index contributed by atoms with van der Waals surface area (Å²) in [6, 6.07) is 0. The first-order chi connectivity index (χ1) is 8.33. The number of aromatic nitrogens is 2. The molecule has 1 heterocycles. The summed E-state index contributed by atoms with van der Waals surface area (Å²) in [6.07, 6.45) is 1.79. The maximum absolute atomic E-state index is 5.90. The fourth-order valence-corrected chi connectivity index (χ4v) is 1.48. The van der Waals surface area contributed by atoms with E-state index in [1.165, 1.54) is 0 Å². The van der Waals surface area contributed by atoms with Gasteiger partial charge in [0.05, 0.1) is 11.9 Å². The van der Waals surface area contributed by atoms with E-state index in [-0.39, 0.29) is 5.60 Å². The molecule has 0 amide bonds. The van der Waals surface area contributed by atoms with Crippen LogP contribution >= 0.6 is 0 Å². The zero-order valence-electron chi connectivity index (χ0n) is 12.4. The highest BCUT2D eigenvalue weighted by atomic mass is 16.5. The quantitative estimate of drug-likeness (QED) is 0.874. The normalized spacial score (nSPS) is 11.9. The Bertz CT molecular complexity index is 383. The van der Waals surface area contributed by atoms with Gasteiger partial charge < -0.3 is 10.1 Å². The molecule has 1 rings (SSSR count). The Morgan fingerprint density at radius 1 is 1.33 bits per heavy atom. The van der Waals surface area contributed by atoms with E-state index < -0.39 is 0 Å². The minimum atomic E-state index is -0.232. The Kier molecular flexibility index (Phi) is 5.08. The molecule has 1 aromatic heterocycles. The Labute approximate surface area is 110 Å². The first-order valence-electron chi connectivity index (χ1n) is 6.59. The van der Waals surface area contributed by atoms with E-state index >= 15 is 0 Å². The van der Waals surface area contributed by atoms with Crippen molar-refractivity contribution in [3.63, 3.8) is 0 Å². The van der Waals surface area contributed by atoms with Gasteiger partial charge in [-0.05, 0) is 27.3 Å². The molecule has 0 fully saturated rings. The van der Waals surface area contributed by atoms with E-state index in [2.05, 4.69) is 36.1 Å². The van der Waals surface area contributed by atoms with E-state index in [1.54, 1.807) is 6.20 Å². The fraction of sp³-hybridized carbons (Fsp3) is 0.714. The topological polar surface area (TPSA) is 47.0 Å². The van der Waals surface area contributed by atoms with Gasteiger partial charge in [-0.25, -0.2) is 9.97 Å². The molecule has 0 saturated carbocycles. The molecule has 0 radical (unpaired) electrons. The zero-order chi connectivity index (χ0) is 13.8. The Morgan fingerprint density at radius 2 is 2.00 bits per heavy atom. The molecule has 4 nitrogen and oxygen atoms in total. The summed E-state index contributed by atoms with van der Waals surface area (Å²) >= 11 is 0. The van der Waals surface area contributed by atoms with E-state index in [0.717, 1.165) is 23.8 Å². The Hall–Kier alpha value is -1.16. The summed E-state index contributed by atoms with van der Waals surface area (Å²) in [5.41, 5.74) is 0.703. The van der Waals surface area contributed by atoms with E-state index in [9.17, 15) is 0 Å². The second-order valence-electron chi connectivity index (χ2n) is 5.69. The van der Waals surface area contributed by atoms with Crippen LogP contribution < -0.4 is 10.1 Å². The lowest BCUT2D eigenvalue weighted by molar-refractivity contribution is 0.127. The van der Waals surface area contributed by atoms with Crippen LogP contribution in [0.3, 0.4) is 0 Å². The SMILES string of the molecule is CCNCc1nc(C(C)C)ncc1OC(C)(C)C. The zero-order valence-corrected chi connectivity index (χ0v) is 12.4. The molecule has 1 N–H and O–H groups in total. The molecule has 0 aromatic carbocycles. The molecule has 0 aliphatic heterocycles. The minimum absolute atomic E-state index is 0.232. The van der Waals surface area contributed by atoms with E-state index in [1.807, 2.05) is 20.8 Å². The summed E-state index contributed by atoms with van der Waals surface area (Å²) in [6.45, 7) is 14.0. The lowest BCUT2D eigenvalue weighted by Gasteiger charge is -2.23. The first-order valence-corrected chi connectivity index (χ1v) is 6.59. The molecule has 18 heavy (non-hydrogen) atoms. The second-order valence-corrected chi connectivity index (χ2v) is 5.69. The van der Waals surface area contributed by atoms with Gasteiger partial charge in [0, 0.05) is 12.5 Å². The summed E-state index contributed by atoms with van der Waals surface area (Å²) in [4.78, 5) is 8.96. The van der Waals surface area contributed by atoms with Crippen molar-refractivity contribution in [2.75, 3.05) is 6.54 Å². The van der Waals surface area contributed by atoms with Crippen molar-refractivity contribution < 1.29 is 4.74 Å². The maximum atomic E-state index is 5.90. The average Bonchev–Trinajstić information content (AvgIpc) is 2.25. The van der Waals surface area contributed by atoms with Crippen LogP contribution in [0.25, 0.3) is 0 Å². The van der Waals surface area contributed by atoms with Crippen LogP contribution in [-0.4, -0.2) is 22.1 Å². The van der Waals surface area contributed by atoms with Crippen molar-refractivity contribution in [3.05, 3.63) is 17.7 Å². The summed E-state index contributed by atoms with van der Waals surface area (Å²) in [7, 11) is 0. The molecule has 4 heteroatoms. The minimum Gasteiger partial charge on any atom is -0.485 e. The number of ether oxygens (including phenoxy) is 1. The third kappa shape index (κ3) is 4.61. The highest BCUT2D eigenvalue weighted by Crippen LogP contribution is 2.22. The molecule has 1 aromatic rings. The van der Waals surface area contributed by atoms with Crippen LogP contribution in [0.1, 0.15) is 59.0 Å². The van der Waals surface area contributed by atoms with Gasteiger partial charge in [-0.15, -0.1) is 0 Å². The van der Waals surface area contributed by atoms with Gasteiger partial charge in [0.25, 0.3) is 0 Å². The van der Waals surface area contributed by atoms with Crippen LogP contribution in [0, 0.1) is 0 Å². The van der Waals surface area contributed by atoms with Gasteiger partial charge in [0.1, 0.15) is 11.4 Å². The number of nitrogens with zero attached hydrogens (tertiary/aromatic N) is 2. The van der Waals surface area contributed by atoms with Crippen molar-refractivity contribution in [1.82, 2.24) is 15.3 Å². The van der Waals surface area contributed by atoms with Crippen molar-refractivity contribution in [2.45, 2.75) is 59.6 Å². The van der Waals surface area contributed by atoms with Crippen molar-refractivity contribution in [2.24, 2.45) is 0 Å². The smallest absolute Gasteiger partial charge is 0.161 e. The molecule has 102 valence electrons. The molecule has 0 aliphatic rings. The average molecular weight is 251 g/mol. The first kappa shape index (κ1) is 14.9. The van der Waals surface area contributed by atoms with Crippen LogP contribution in [0.15, 0.2) is 6.20 Å². The molecule has 0 aliphatic carbocycles. The fourth-order valence-electron chi connectivity index (χ4n) is 1.48. The van der Waals surface area contributed by atoms with E-state index in [4.69, 9.17) is 4.74 Å². The van der Waals surface area contributed by atoms with Gasteiger partial charge in [-0.1, -0.05) is 20.8 Å². The second kappa shape index (κ2) is 6.14. The number of rotatable bonds is 5. The number of hydrogen-bond donors (Lipinski definition) is 1. The molecular formula is C14H25N3O. The van der Waals surface area contributed by atoms with Crippen molar-refractivity contribution in [1.29, 1.82) is 0 Å². The third-order valence-corrected chi connectivity index (χ3v) is 2.32. The number of nitrogens with one attached hydrogen (secondary N) is 1. The van der Waals surface area contributed by atoms with E-state index in [0.29, 0.717) is 12.5 Å². The predicted molar refractivity (Wildman–Crippen MR) is 73.9 cm³/mol. The van der Waals surface area contributed by atoms with Crippen LogP contribution in [0.5, 0.6) is 5.75 Å². The molecule has 0 atom stereocenters. The summed E-state index contributed by atoms with van der Waals surface area (Å²) in [5.74, 6) is 1.96. The lowest BCUT2D eigenvalue weighted by Crippen LogP contribution is -2.25. The highest BCUT2D eigenvalue weighted by molar-refractivity contribution is 5.26. The molecule has 0 unspecified atom stereocenters. The Balaban J connectivity index is 3.00. The largest absolute Gasteiger partial charge is 0.485 e. The Morgan fingerprint density at radius 3 is 2.50 bits per heavy atom. The van der Waals surface area contributed by atoms with Crippen LogP contribution in [0.2, 0.25) is 0 Å². The third-order valence-electron chi connectivity index (χ3n) is 2.32. The monoisotopic (exact) mass is 251 g/mol. The lowest BCUT2D eigenvalue weighted by atomic mass is 10.2. The van der Waals surface area contributed by atoms with Gasteiger partial charge in [-0.3, -0.25) is 0 Å². The van der Waals surface area contributed by atoms with Crippen LogP contribution in [0.4, 0.5) is 0 Å². The highest BCUT2D eigenvalue weighted by Gasteiger charge is 2.17. The summed E-state index contributed by atoms with van der Waals surface area (Å²) in [5, 5.41) is 3.29. The molecular weight excluding hydrogens is 226 g/mol. The van der Waals surface area contributed by atoms with Gasteiger partial charge >= 0.3 is 0 Å². The molecule has 0 bridgehead atoms. The van der Waals surface area contributed by atoms with Gasteiger partial charge in [-0.2, -0.15) is 0 Å². The molecule has 0 saturated heterocycles. The van der Waals surface area contributed by atoms with Gasteiger partial charge in [0.2, 0.25) is 0 Å². The number of hydrogen-bond acceptors (Lipinski definition) is 4. The van der Waals surface area contributed by atoms with Crippen molar-refractivity contribution in [3.8, 4) is 5.75 Å². The predicted octanol–water partition coefficient (Wildman–Crippen LogP) is 2.89. The molecule has 0 spiro atoms. The standard InChI is InChI=1S/C14H25N3O/c1-7-15-8-11-12(18-14(4,5)6)9-16-13(17-11)10(2)3/h9-10,15H,7-8H2,1-6H3.